The number of aromatic nitrogens is 2. The van der Waals surface area contributed by atoms with Crippen LogP contribution in [0.25, 0.3) is 10.2 Å². The van der Waals surface area contributed by atoms with Crippen LogP contribution in [0.15, 0.2) is 6.33 Å². The zero-order valence-corrected chi connectivity index (χ0v) is 12.5. The van der Waals surface area contributed by atoms with E-state index < -0.39 is 16.8 Å². The molecule has 3 heterocycles. The lowest BCUT2D eigenvalue weighted by atomic mass is 10.2. The van der Waals surface area contributed by atoms with Gasteiger partial charge < -0.3 is 10.0 Å². The van der Waals surface area contributed by atoms with E-state index in [0.717, 1.165) is 11.2 Å². The summed E-state index contributed by atoms with van der Waals surface area (Å²) in [4.78, 5) is 22.8. The molecule has 0 radical (unpaired) electrons. The highest BCUT2D eigenvalue weighted by Crippen LogP contribution is 2.35. The number of carboxylic acids is 1. The summed E-state index contributed by atoms with van der Waals surface area (Å²) in [6.45, 7) is 3.14. The molecule has 20 heavy (non-hydrogen) atoms. The van der Waals surface area contributed by atoms with Gasteiger partial charge in [0, 0.05) is 35.4 Å². The number of carboxylic acid groups (broad SMARTS) is 1. The Bertz CT molecular complexity index is 703. The van der Waals surface area contributed by atoms with Gasteiger partial charge in [-0.15, -0.1) is 11.3 Å². The van der Waals surface area contributed by atoms with E-state index in [1.54, 1.807) is 6.92 Å². The molecule has 0 atom stereocenters. The van der Waals surface area contributed by atoms with Gasteiger partial charge in [0.15, 0.2) is 0 Å². The van der Waals surface area contributed by atoms with Crippen LogP contribution in [0.3, 0.4) is 0 Å². The Labute approximate surface area is 121 Å². The summed E-state index contributed by atoms with van der Waals surface area (Å²) in [6.07, 6.45) is 1.46. The molecule has 1 aliphatic rings. The van der Waals surface area contributed by atoms with Crippen LogP contribution in [0, 0.1) is 6.92 Å². The summed E-state index contributed by atoms with van der Waals surface area (Å²) < 4.78 is 11.4. The van der Waals surface area contributed by atoms with Gasteiger partial charge in [0.05, 0.1) is 5.39 Å². The van der Waals surface area contributed by atoms with Crippen LogP contribution in [0.5, 0.6) is 0 Å². The molecular formula is C12H13N3O3S2. The molecular weight excluding hydrogens is 298 g/mol. The minimum absolute atomic E-state index is 0.308. The zero-order valence-electron chi connectivity index (χ0n) is 10.8. The largest absolute Gasteiger partial charge is 0.477 e. The molecule has 2 aromatic rings. The second-order valence-corrected chi connectivity index (χ2v) is 7.27. The fraction of sp³-hybridized carbons (Fsp3) is 0.417. The Morgan fingerprint density at radius 1 is 1.40 bits per heavy atom. The molecule has 8 heteroatoms. The maximum absolute atomic E-state index is 11.4. The van der Waals surface area contributed by atoms with Crippen LogP contribution < -0.4 is 4.90 Å². The van der Waals surface area contributed by atoms with Gasteiger partial charge >= 0.3 is 5.97 Å². The first-order valence-electron chi connectivity index (χ1n) is 6.15. The third-order valence-corrected chi connectivity index (χ3v) is 5.84. The van der Waals surface area contributed by atoms with E-state index in [0.29, 0.717) is 39.9 Å². The first kappa shape index (κ1) is 13.4. The lowest BCUT2D eigenvalue weighted by Gasteiger charge is -2.27. The van der Waals surface area contributed by atoms with Gasteiger partial charge in [0.25, 0.3) is 0 Å². The van der Waals surface area contributed by atoms with Crippen molar-refractivity contribution in [1.29, 1.82) is 0 Å². The highest BCUT2D eigenvalue weighted by atomic mass is 32.2. The smallest absolute Gasteiger partial charge is 0.346 e. The lowest BCUT2D eigenvalue weighted by molar-refractivity contribution is 0.0701. The average Bonchev–Trinajstić information content (AvgIpc) is 2.77. The molecule has 0 amide bonds. The Morgan fingerprint density at radius 3 is 2.75 bits per heavy atom. The van der Waals surface area contributed by atoms with E-state index in [1.165, 1.54) is 17.7 Å². The summed E-state index contributed by atoms with van der Waals surface area (Å²) in [5, 5.41) is 10.0. The maximum Gasteiger partial charge on any atom is 0.346 e. The molecule has 0 aliphatic carbocycles. The van der Waals surface area contributed by atoms with E-state index in [1.807, 2.05) is 0 Å². The normalized spacial score (nSPS) is 16.8. The Hall–Kier alpha value is -1.54. The average molecular weight is 311 g/mol. The molecule has 6 nitrogen and oxygen atoms in total. The summed E-state index contributed by atoms with van der Waals surface area (Å²) in [5.41, 5.74) is 0.708. The molecule has 0 bridgehead atoms. The number of aromatic carboxylic acids is 1. The number of aryl methyl sites for hydroxylation is 1. The van der Waals surface area contributed by atoms with Gasteiger partial charge in [-0.3, -0.25) is 4.21 Å². The zero-order chi connectivity index (χ0) is 14.3. The molecule has 2 aromatic heterocycles. The molecule has 106 valence electrons. The first-order chi connectivity index (χ1) is 9.58. The number of hydrogen-bond donors (Lipinski definition) is 1. The van der Waals surface area contributed by atoms with Gasteiger partial charge in [0.1, 0.15) is 21.9 Å². The quantitative estimate of drug-likeness (QED) is 0.899. The molecule has 1 N–H and O–H groups in total. The molecule has 0 spiro atoms. The van der Waals surface area contributed by atoms with Crippen LogP contribution in [-0.2, 0) is 10.8 Å². The van der Waals surface area contributed by atoms with Crippen molar-refractivity contribution in [3.63, 3.8) is 0 Å². The first-order valence-corrected chi connectivity index (χ1v) is 8.45. The molecule has 0 saturated carbocycles. The topological polar surface area (TPSA) is 83.4 Å². The van der Waals surface area contributed by atoms with Crippen LogP contribution in [0.4, 0.5) is 5.82 Å². The number of anilines is 1. The third-order valence-electron chi connectivity index (χ3n) is 3.38. The van der Waals surface area contributed by atoms with Crippen LogP contribution in [-0.4, -0.2) is 49.8 Å². The van der Waals surface area contributed by atoms with E-state index >= 15 is 0 Å². The van der Waals surface area contributed by atoms with E-state index in [4.69, 9.17) is 0 Å². The predicted octanol–water partition coefficient (Wildman–Crippen LogP) is 1.27. The van der Waals surface area contributed by atoms with Crippen molar-refractivity contribution in [3.05, 3.63) is 16.8 Å². The number of hydrogen-bond acceptors (Lipinski definition) is 6. The van der Waals surface area contributed by atoms with Gasteiger partial charge in [-0.2, -0.15) is 0 Å². The third kappa shape index (κ3) is 2.18. The van der Waals surface area contributed by atoms with Crippen LogP contribution in [0.1, 0.15) is 15.2 Å². The van der Waals surface area contributed by atoms with E-state index in [-0.39, 0.29) is 0 Å². The maximum atomic E-state index is 11.4. The van der Waals surface area contributed by atoms with Crippen molar-refractivity contribution in [1.82, 2.24) is 9.97 Å². The standard InChI is InChI=1S/C12H13N3O3S2/c1-7-8-10(15-2-4-20(18)5-3-15)13-6-14-11(8)19-9(7)12(16)17/h6H,2-5H2,1H3,(H,16,17). The number of rotatable bonds is 2. The van der Waals surface area contributed by atoms with Crippen molar-refractivity contribution < 1.29 is 14.1 Å². The molecule has 3 rings (SSSR count). The molecule has 1 aliphatic heterocycles. The minimum Gasteiger partial charge on any atom is -0.477 e. The molecule has 0 unspecified atom stereocenters. The van der Waals surface area contributed by atoms with E-state index in [9.17, 15) is 14.1 Å². The van der Waals surface area contributed by atoms with Gasteiger partial charge in [-0.05, 0) is 12.5 Å². The predicted molar refractivity (Wildman–Crippen MR) is 79.2 cm³/mol. The summed E-state index contributed by atoms with van der Waals surface area (Å²) >= 11 is 1.17. The highest BCUT2D eigenvalue weighted by molar-refractivity contribution is 7.85. The minimum atomic E-state index is -0.934. The SMILES string of the molecule is Cc1c(C(=O)O)sc2ncnc(N3CCS(=O)CC3)c12. The highest BCUT2D eigenvalue weighted by Gasteiger charge is 2.23. The fourth-order valence-corrected chi connectivity index (χ4v) is 4.38. The van der Waals surface area contributed by atoms with Gasteiger partial charge in [-0.1, -0.05) is 0 Å². The van der Waals surface area contributed by atoms with Crippen molar-refractivity contribution in [2.24, 2.45) is 0 Å². The summed E-state index contributed by atoms with van der Waals surface area (Å²) in [5.74, 6) is 1.07. The second-order valence-electron chi connectivity index (χ2n) is 4.57. The Morgan fingerprint density at radius 2 is 2.10 bits per heavy atom. The van der Waals surface area contributed by atoms with E-state index in [2.05, 4.69) is 14.9 Å². The van der Waals surface area contributed by atoms with Crippen LogP contribution in [0.2, 0.25) is 0 Å². The van der Waals surface area contributed by atoms with Crippen molar-refractivity contribution in [3.8, 4) is 0 Å². The van der Waals surface area contributed by atoms with Crippen molar-refractivity contribution in [2.75, 3.05) is 29.5 Å². The van der Waals surface area contributed by atoms with Crippen molar-refractivity contribution >= 4 is 44.1 Å². The summed E-state index contributed by atoms with van der Waals surface area (Å²) in [7, 11) is -0.752. The molecule has 1 saturated heterocycles. The number of nitrogens with zero attached hydrogens (tertiary/aromatic N) is 3. The lowest BCUT2D eigenvalue weighted by Crippen LogP contribution is -2.38. The molecule has 1 fully saturated rings. The second kappa shape index (κ2) is 5.10. The Balaban J connectivity index is 2.11. The number of thiophene rings is 1. The molecule has 0 aromatic carbocycles. The monoisotopic (exact) mass is 311 g/mol. The van der Waals surface area contributed by atoms with Gasteiger partial charge in [-0.25, -0.2) is 14.8 Å². The summed E-state index contributed by atoms with van der Waals surface area (Å²) in [6, 6.07) is 0. The Kier molecular flexibility index (Phi) is 3.43. The fourth-order valence-electron chi connectivity index (χ4n) is 2.35. The van der Waals surface area contributed by atoms with Crippen LogP contribution >= 0.6 is 11.3 Å². The van der Waals surface area contributed by atoms with Crippen molar-refractivity contribution in [2.45, 2.75) is 6.92 Å². The number of fused-ring (bicyclic) bond motifs is 1. The number of carbonyl (C=O) groups is 1. The van der Waals surface area contributed by atoms with Gasteiger partial charge in [0.2, 0.25) is 0 Å².